The molecule has 150 valence electrons. The monoisotopic (exact) mass is 401 g/mol. The van der Waals surface area contributed by atoms with Crippen molar-refractivity contribution in [2.75, 3.05) is 33.3 Å². The fourth-order valence-electron chi connectivity index (χ4n) is 3.37. The Morgan fingerprint density at radius 1 is 1.07 bits per heavy atom. The molecule has 1 saturated heterocycles. The molecule has 6 nitrogen and oxygen atoms in total. The highest BCUT2D eigenvalue weighted by Gasteiger charge is 2.22. The Morgan fingerprint density at radius 2 is 1.75 bits per heavy atom. The molecule has 1 fully saturated rings. The molecule has 0 saturated carbocycles. The van der Waals surface area contributed by atoms with Crippen LogP contribution in [0.5, 0.6) is 5.75 Å². The molecule has 1 aromatic carbocycles. The summed E-state index contributed by atoms with van der Waals surface area (Å²) in [7, 11) is 1.64. The van der Waals surface area contributed by atoms with Crippen LogP contribution in [0.2, 0.25) is 0 Å². The van der Waals surface area contributed by atoms with Gasteiger partial charge in [0.05, 0.1) is 24.2 Å². The number of methoxy groups -OCH3 is 1. The topological polar surface area (TPSA) is 62.7 Å². The van der Waals surface area contributed by atoms with Crippen molar-refractivity contribution in [2.45, 2.75) is 32.6 Å². The van der Waals surface area contributed by atoms with Gasteiger partial charge in [0.1, 0.15) is 5.75 Å². The Kier molecular flexibility index (Phi) is 7.03. The molecule has 28 heavy (non-hydrogen) atoms. The maximum absolute atomic E-state index is 12.6. The number of amides is 2. The minimum atomic E-state index is 0.0952. The number of hydrogen-bond donors (Lipinski definition) is 0. The van der Waals surface area contributed by atoms with Gasteiger partial charge in [0.25, 0.3) is 0 Å². The van der Waals surface area contributed by atoms with E-state index in [4.69, 9.17) is 4.74 Å². The van der Waals surface area contributed by atoms with Crippen molar-refractivity contribution in [2.24, 2.45) is 0 Å². The van der Waals surface area contributed by atoms with Gasteiger partial charge in [-0.05, 0) is 37.5 Å². The van der Waals surface area contributed by atoms with E-state index in [-0.39, 0.29) is 11.8 Å². The highest BCUT2D eigenvalue weighted by atomic mass is 32.1. The molecule has 0 spiro atoms. The van der Waals surface area contributed by atoms with Crippen LogP contribution >= 0.6 is 11.3 Å². The lowest BCUT2D eigenvalue weighted by Crippen LogP contribution is -2.38. The predicted octanol–water partition coefficient (Wildman–Crippen LogP) is 2.70. The summed E-state index contributed by atoms with van der Waals surface area (Å²) in [6.07, 6.45) is 2.36. The Morgan fingerprint density at radius 3 is 2.36 bits per heavy atom. The predicted molar refractivity (Wildman–Crippen MR) is 110 cm³/mol. The molecule has 0 aliphatic carbocycles. The average Bonchev–Trinajstić information content (AvgIpc) is 2.96. The Hall–Kier alpha value is -2.41. The number of carbonyl (C=O) groups excluding carboxylic acids is 2. The van der Waals surface area contributed by atoms with Crippen LogP contribution in [0.4, 0.5) is 0 Å². The van der Waals surface area contributed by atoms with Gasteiger partial charge in [-0.2, -0.15) is 0 Å². The van der Waals surface area contributed by atoms with Gasteiger partial charge in [0.2, 0.25) is 11.8 Å². The summed E-state index contributed by atoms with van der Waals surface area (Å²) < 4.78 is 5.16. The van der Waals surface area contributed by atoms with Crippen LogP contribution in [0.15, 0.2) is 29.6 Å². The minimum Gasteiger partial charge on any atom is -0.497 e. The third-order valence-electron chi connectivity index (χ3n) is 4.99. The maximum atomic E-state index is 12.6. The summed E-state index contributed by atoms with van der Waals surface area (Å²) in [5.74, 6) is 1.07. The first-order chi connectivity index (χ1) is 13.5. The molecule has 2 aromatic rings. The number of nitrogens with zero attached hydrogens (tertiary/aromatic N) is 3. The van der Waals surface area contributed by atoms with Crippen LogP contribution < -0.4 is 4.74 Å². The second-order valence-corrected chi connectivity index (χ2v) is 8.06. The zero-order valence-electron chi connectivity index (χ0n) is 16.5. The van der Waals surface area contributed by atoms with Gasteiger partial charge in [-0.25, -0.2) is 4.98 Å². The Labute approximate surface area is 170 Å². The zero-order chi connectivity index (χ0) is 19.9. The number of carbonyl (C=O) groups is 2. The van der Waals surface area contributed by atoms with Gasteiger partial charge in [0.15, 0.2) is 0 Å². The summed E-state index contributed by atoms with van der Waals surface area (Å²) >= 11 is 1.57. The van der Waals surface area contributed by atoms with E-state index in [1.54, 1.807) is 18.4 Å². The smallest absolute Gasteiger partial charge is 0.228 e. The Balaban J connectivity index is 1.46. The van der Waals surface area contributed by atoms with Crippen LogP contribution in [-0.2, 0) is 22.4 Å². The van der Waals surface area contributed by atoms with E-state index in [0.29, 0.717) is 45.4 Å². The molecule has 0 unspecified atom stereocenters. The molecule has 2 amide bonds. The van der Waals surface area contributed by atoms with Crippen LogP contribution in [0.25, 0.3) is 0 Å². The normalized spacial score (nSPS) is 14.6. The third-order valence-corrected chi connectivity index (χ3v) is 5.81. The van der Waals surface area contributed by atoms with Crippen LogP contribution in [0.3, 0.4) is 0 Å². The van der Waals surface area contributed by atoms with Gasteiger partial charge in [0, 0.05) is 38.0 Å². The molecule has 1 aliphatic heterocycles. The average molecular weight is 402 g/mol. The first kappa shape index (κ1) is 20.3. The molecule has 3 rings (SSSR count). The SMILES string of the molecule is COc1ccc(CCC(=O)N2CCCN(C(=O)Cc3csc(C)n3)CC2)cc1. The Bertz CT molecular complexity index is 803. The van der Waals surface area contributed by atoms with Crippen molar-refractivity contribution in [1.82, 2.24) is 14.8 Å². The summed E-state index contributed by atoms with van der Waals surface area (Å²) in [5, 5.41) is 2.92. The van der Waals surface area contributed by atoms with E-state index in [2.05, 4.69) is 4.98 Å². The van der Waals surface area contributed by atoms with Crippen LogP contribution in [0, 0.1) is 6.92 Å². The fourth-order valence-corrected chi connectivity index (χ4v) is 3.99. The van der Waals surface area contributed by atoms with E-state index in [1.165, 1.54) is 0 Å². The number of aromatic nitrogens is 1. The van der Waals surface area contributed by atoms with Crippen molar-refractivity contribution in [3.8, 4) is 5.75 Å². The van der Waals surface area contributed by atoms with Crippen molar-refractivity contribution in [3.05, 3.63) is 45.9 Å². The van der Waals surface area contributed by atoms with Crippen molar-refractivity contribution in [1.29, 1.82) is 0 Å². The maximum Gasteiger partial charge on any atom is 0.228 e. The summed E-state index contributed by atoms with van der Waals surface area (Å²) in [5.41, 5.74) is 1.96. The van der Waals surface area contributed by atoms with Gasteiger partial charge >= 0.3 is 0 Å². The van der Waals surface area contributed by atoms with Crippen molar-refractivity contribution in [3.63, 3.8) is 0 Å². The van der Waals surface area contributed by atoms with Crippen LogP contribution in [-0.4, -0.2) is 59.9 Å². The van der Waals surface area contributed by atoms with E-state index < -0.39 is 0 Å². The number of rotatable bonds is 6. The van der Waals surface area contributed by atoms with Crippen molar-refractivity contribution >= 4 is 23.2 Å². The first-order valence-corrected chi connectivity index (χ1v) is 10.5. The lowest BCUT2D eigenvalue weighted by atomic mass is 10.1. The molecule has 0 radical (unpaired) electrons. The first-order valence-electron chi connectivity index (χ1n) is 9.64. The summed E-state index contributed by atoms with van der Waals surface area (Å²) in [4.78, 5) is 33.3. The third kappa shape index (κ3) is 5.55. The lowest BCUT2D eigenvalue weighted by Gasteiger charge is -2.22. The molecular weight excluding hydrogens is 374 g/mol. The number of ether oxygens (including phenoxy) is 1. The molecule has 0 N–H and O–H groups in total. The largest absolute Gasteiger partial charge is 0.497 e. The highest BCUT2D eigenvalue weighted by molar-refractivity contribution is 7.09. The zero-order valence-corrected chi connectivity index (χ0v) is 17.3. The molecule has 1 aliphatic rings. The summed E-state index contributed by atoms with van der Waals surface area (Å²) in [6, 6.07) is 7.82. The van der Waals surface area contributed by atoms with Gasteiger partial charge in [-0.3, -0.25) is 9.59 Å². The number of aryl methyl sites for hydroxylation is 2. The van der Waals surface area contributed by atoms with Gasteiger partial charge in [-0.1, -0.05) is 12.1 Å². The van der Waals surface area contributed by atoms with E-state index in [1.807, 2.05) is 46.4 Å². The summed E-state index contributed by atoms with van der Waals surface area (Å²) in [6.45, 7) is 4.55. The molecule has 2 heterocycles. The van der Waals surface area contributed by atoms with E-state index in [0.717, 1.165) is 28.4 Å². The second kappa shape index (κ2) is 9.68. The fraction of sp³-hybridized carbons (Fsp3) is 0.476. The molecule has 7 heteroatoms. The van der Waals surface area contributed by atoms with E-state index in [9.17, 15) is 9.59 Å². The van der Waals surface area contributed by atoms with Gasteiger partial charge < -0.3 is 14.5 Å². The molecule has 0 atom stereocenters. The second-order valence-electron chi connectivity index (χ2n) is 7.00. The van der Waals surface area contributed by atoms with Crippen LogP contribution in [0.1, 0.15) is 29.1 Å². The standard InChI is InChI=1S/C21H27N3O3S/c1-16-22-18(15-28-16)14-21(26)24-11-3-10-23(12-13-24)20(25)9-6-17-4-7-19(27-2)8-5-17/h4-5,7-8,15H,3,6,9-14H2,1-2H3. The highest BCUT2D eigenvalue weighted by Crippen LogP contribution is 2.14. The number of benzene rings is 1. The number of hydrogen-bond acceptors (Lipinski definition) is 5. The quantitative estimate of drug-likeness (QED) is 0.747. The molecule has 1 aromatic heterocycles. The van der Waals surface area contributed by atoms with Gasteiger partial charge in [-0.15, -0.1) is 11.3 Å². The number of thiazole rings is 1. The molecular formula is C21H27N3O3S. The molecule has 0 bridgehead atoms. The lowest BCUT2D eigenvalue weighted by molar-refractivity contribution is -0.133. The minimum absolute atomic E-state index is 0.0952. The van der Waals surface area contributed by atoms with E-state index >= 15 is 0 Å². The van der Waals surface area contributed by atoms with Crippen molar-refractivity contribution < 1.29 is 14.3 Å².